The summed E-state index contributed by atoms with van der Waals surface area (Å²) in [5, 5.41) is 9.64. The van der Waals surface area contributed by atoms with Gasteiger partial charge in [0.2, 0.25) is 0 Å². The standard InChI is InChI=1S/C24H17Cl2N5/c1-14-21(22(26)31(29-14)16-12-10-15(25)11-13-16)24-27-18-7-3-2-6-17(18)23-28-19-8-4-5-9-20(19)30(23)24/h2-13,24,27H,1H3/t24-/m1/s1. The van der Waals surface area contributed by atoms with E-state index >= 15 is 0 Å². The van der Waals surface area contributed by atoms with Crippen LogP contribution in [0.25, 0.3) is 28.1 Å². The van der Waals surface area contributed by atoms with E-state index in [1.54, 1.807) is 4.68 Å². The minimum Gasteiger partial charge on any atom is -0.360 e. The first-order valence-electron chi connectivity index (χ1n) is 9.95. The largest absolute Gasteiger partial charge is 0.360 e. The number of nitrogens with one attached hydrogen (secondary N) is 1. The molecule has 0 saturated heterocycles. The second kappa shape index (κ2) is 6.87. The van der Waals surface area contributed by atoms with Crippen LogP contribution in [0.4, 0.5) is 5.69 Å². The molecule has 0 bridgehead atoms. The zero-order valence-corrected chi connectivity index (χ0v) is 18.1. The number of rotatable bonds is 2. The van der Waals surface area contributed by atoms with Crippen LogP contribution in [0, 0.1) is 6.92 Å². The second-order valence-electron chi connectivity index (χ2n) is 7.56. The first kappa shape index (κ1) is 18.5. The van der Waals surface area contributed by atoms with Crippen LogP contribution in [0.5, 0.6) is 0 Å². The van der Waals surface area contributed by atoms with Gasteiger partial charge in [-0.25, -0.2) is 9.67 Å². The van der Waals surface area contributed by atoms with Gasteiger partial charge in [0.1, 0.15) is 17.1 Å². The molecule has 0 unspecified atom stereocenters. The minimum absolute atomic E-state index is 0.245. The van der Waals surface area contributed by atoms with Crippen LogP contribution in [0.2, 0.25) is 10.2 Å². The fourth-order valence-electron chi connectivity index (χ4n) is 4.29. The minimum atomic E-state index is -0.245. The Morgan fingerprint density at radius 2 is 1.65 bits per heavy atom. The number of aromatic nitrogens is 4. The zero-order chi connectivity index (χ0) is 21.1. The third-order valence-electron chi connectivity index (χ3n) is 5.71. The Labute approximate surface area is 188 Å². The third-order valence-corrected chi connectivity index (χ3v) is 6.32. The second-order valence-corrected chi connectivity index (χ2v) is 8.36. The van der Waals surface area contributed by atoms with Gasteiger partial charge in [0, 0.05) is 16.3 Å². The maximum absolute atomic E-state index is 6.94. The van der Waals surface area contributed by atoms with E-state index in [-0.39, 0.29) is 6.17 Å². The first-order chi connectivity index (χ1) is 15.1. The number of fused-ring (bicyclic) bond motifs is 5. The molecule has 5 nitrogen and oxygen atoms in total. The highest BCUT2D eigenvalue weighted by Crippen LogP contribution is 2.43. The van der Waals surface area contributed by atoms with Crippen molar-refractivity contribution in [1.29, 1.82) is 0 Å². The molecular formula is C24H17Cl2N5. The summed E-state index contributed by atoms with van der Waals surface area (Å²) < 4.78 is 3.96. The smallest absolute Gasteiger partial charge is 0.145 e. The summed E-state index contributed by atoms with van der Waals surface area (Å²) >= 11 is 13.0. The fourth-order valence-corrected chi connectivity index (χ4v) is 4.79. The molecule has 6 rings (SSSR count). The van der Waals surface area contributed by atoms with E-state index in [0.29, 0.717) is 10.2 Å². The van der Waals surface area contributed by atoms with Crippen molar-refractivity contribution < 1.29 is 0 Å². The Balaban J connectivity index is 1.59. The molecule has 7 heteroatoms. The number of hydrogen-bond donors (Lipinski definition) is 1. The molecular weight excluding hydrogens is 429 g/mol. The molecule has 152 valence electrons. The van der Waals surface area contributed by atoms with Gasteiger partial charge in [-0.2, -0.15) is 5.10 Å². The lowest BCUT2D eigenvalue weighted by atomic mass is 10.1. The monoisotopic (exact) mass is 445 g/mol. The van der Waals surface area contributed by atoms with Crippen molar-refractivity contribution in [3.63, 3.8) is 0 Å². The molecule has 1 atom stereocenters. The molecule has 0 radical (unpaired) electrons. The molecule has 1 aliphatic rings. The van der Waals surface area contributed by atoms with Gasteiger partial charge in [0.05, 0.1) is 28.0 Å². The number of nitrogens with zero attached hydrogens (tertiary/aromatic N) is 4. The van der Waals surface area contributed by atoms with Gasteiger partial charge in [-0.1, -0.05) is 47.5 Å². The number of para-hydroxylation sites is 3. The summed E-state index contributed by atoms with van der Waals surface area (Å²) in [6, 6.07) is 23.8. The number of imidazole rings is 1. The van der Waals surface area contributed by atoms with E-state index in [4.69, 9.17) is 33.3 Å². The lowest BCUT2D eigenvalue weighted by molar-refractivity contribution is 0.665. The van der Waals surface area contributed by atoms with E-state index in [1.807, 2.05) is 61.5 Å². The van der Waals surface area contributed by atoms with Crippen LogP contribution in [-0.2, 0) is 0 Å². The summed E-state index contributed by atoms with van der Waals surface area (Å²) in [5.41, 5.74) is 6.68. The molecule has 1 N–H and O–H groups in total. The molecule has 3 aromatic carbocycles. The van der Waals surface area contributed by atoms with Gasteiger partial charge in [-0.15, -0.1) is 0 Å². The average Bonchev–Trinajstić information content (AvgIpc) is 3.31. The van der Waals surface area contributed by atoms with Crippen molar-refractivity contribution in [2.24, 2.45) is 0 Å². The highest BCUT2D eigenvalue weighted by atomic mass is 35.5. The summed E-state index contributed by atoms with van der Waals surface area (Å²) in [6.07, 6.45) is -0.245. The van der Waals surface area contributed by atoms with Gasteiger partial charge in [0.15, 0.2) is 0 Å². The van der Waals surface area contributed by atoms with E-state index in [1.165, 1.54) is 0 Å². The number of anilines is 1. The number of hydrogen-bond acceptors (Lipinski definition) is 3. The Bertz CT molecular complexity index is 1450. The van der Waals surface area contributed by atoms with Crippen LogP contribution in [0.15, 0.2) is 72.8 Å². The van der Waals surface area contributed by atoms with Gasteiger partial charge >= 0.3 is 0 Å². The number of aryl methyl sites for hydroxylation is 1. The van der Waals surface area contributed by atoms with Crippen molar-refractivity contribution in [2.45, 2.75) is 13.1 Å². The SMILES string of the molecule is Cc1nn(-c2ccc(Cl)cc2)c(Cl)c1[C@@H]1Nc2ccccc2-c2nc3ccccc3n21. The van der Waals surface area contributed by atoms with E-state index in [2.05, 4.69) is 28.1 Å². The van der Waals surface area contributed by atoms with Crippen LogP contribution >= 0.6 is 23.2 Å². The Morgan fingerprint density at radius 1 is 0.903 bits per heavy atom. The highest BCUT2D eigenvalue weighted by Gasteiger charge is 2.32. The lowest BCUT2D eigenvalue weighted by Gasteiger charge is -2.30. The van der Waals surface area contributed by atoms with Gasteiger partial charge < -0.3 is 5.32 Å². The summed E-state index contributed by atoms with van der Waals surface area (Å²) in [7, 11) is 0. The zero-order valence-electron chi connectivity index (χ0n) is 16.6. The Kier molecular flexibility index (Phi) is 4.10. The molecule has 0 fully saturated rings. The lowest BCUT2D eigenvalue weighted by Crippen LogP contribution is -2.25. The van der Waals surface area contributed by atoms with E-state index in [0.717, 1.165) is 45.1 Å². The molecule has 2 aromatic heterocycles. The maximum Gasteiger partial charge on any atom is 0.145 e. The molecule has 0 spiro atoms. The molecule has 0 saturated carbocycles. The van der Waals surface area contributed by atoms with E-state index in [9.17, 15) is 0 Å². The predicted molar refractivity (Wildman–Crippen MR) is 125 cm³/mol. The fraction of sp³-hybridized carbons (Fsp3) is 0.0833. The topological polar surface area (TPSA) is 47.7 Å². The molecule has 3 heterocycles. The Morgan fingerprint density at radius 3 is 2.48 bits per heavy atom. The normalized spacial score (nSPS) is 14.9. The highest BCUT2D eigenvalue weighted by molar-refractivity contribution is 6.31. The van der Waals surface area contributed by atoms with Crippen LogP contribution in [0.1, 0.15) is 17.4 Å². The summed E-state index contributed by atoms with van der Waals surface area (Å²) in [6.45, 7) is 1.98. The molecule has 0 amide bonds. The summed E-state index contributed by atoms with van der Waals surface area (Å²) in [5.74, 6) is 0.912. The number of benzene rings is 3. The molecule has 31 heavy (non-hydrogen) atoms. The van der Waals surface area contributed by atoms with Gasteiger partial charge in [-0.3, -0.25) is 4.57 Å². The maximum atomic E-state index is 6.94. The molecule has 0 aliphatic carbocycles. The van der Waals surface area contributed by atoms with Crippen LogP contribution < -0.4 is 5.32 Å². The molecule has 1 aliphatic heterocycles. The van der Waals surface area contributed by atoms with E-state index < -0.39 is 0 Å². The van der Waals surface area contributed by atoms with Crippen molar-refractivity contribution in [2.75, 3.05) is 5.32 Å². The van der Waals surface area contributed by atoms with Crippen molar-refractivity contribution in [3.8, 4) is 17.1 Å². The third kappa shape index (κ3) is 2.77. The average molecular weight is 446 g/mol. The Hall–Kier alpha value is -3.28. The number of halogens is 2. The van der Waals surface area contributed by atoms with Crippen molar-refractivity contribution in [1.82, 2.24) is 19.3 Å². The van der Waals surface area contributed by atoms with Gasteiger partial charge in [0.25, 0.3) is 0 Å². The van der Waals surface area contributed by atoms with Gasteiger partial charge in [-0.05, 0) is 55.5 Å². The molecule has 5 aromatic rings. The van der Waals surface area contributed by atoms with Crippen molar-refractivity contribution in [3.05, 3.63) is 94.2 Å². The first-order valence-corrected chi connectivity index (χ1v) is 10.7. The van der Waals surface area contributed by atoms with Crippen LogP contribution in [-0.4, -0.2) is 19.3 Å². The summed E-state index contributed by atoms with van der Waals surface area (Å²) in [4.78, 5) is 4.94. The predicted octanol–water partition coefficient (Wildman–Crippen LogP) is 6.48. The quantitative estimate of drug-likeness (QED) is 0.338. The van der Waals surface area contributed by atoms with Crippen molar-refractivity contribution >= 4 is 39.9 Å². The van der Waals surface area contributed by atoms with Crippen LogP contribution in [0.3, 0.4) is 0 Å².